The summed E-state index contributed by atoms with van der Waals surface area (Å²) in [5.41, 5.74) is 1.36. The summed E-state index contributed by atoms with van der Waals surface area (Å²) in [5.74, 6) is -0.0264. The van der Waals surface area contributed by atoms with Gasteiger partial charge in [0.15, 0.2) is 0 Å². The van der Waals surface area contributed by atoms with Crippen LogP contribution in [0.5, 0.6) is 0 Å². The van der Waals surface area contributed by atoms with Crippen molar-refractivity contribution in [1.29, 1.82) is 0 Å². The number of piperazine rings is 1. The number of amides is 2. The minimum atomic E-state index is -4.34. The Labute approximate surface area is 197 Å². The van der Waals surface area contributed by atoms with Crippen molar-refractivity contribution in [3.8, 4) is 0 Å². The predicted molar refractivity (Wildman–Crippen MR) is 125 cm³/mol. The van der Waals surface area contributed by atoms with Crippen LogP contribution in [0.15, 0.2) is 48.5 Å². The molecule has 2 heterocycles. The SMILES string of the molecule is O=C(NCCCN1CCN(c2cccc(C(F)(F)F)c2)CC1)c1ccc(N2CCCC2=O)cc1. The van der Waals surface area contributed by atoms with Crippen molar-refractivity contribution < 1.29 is 22.8 Å². The quantitative estimate of drug-likeness (QED) is 0.621. The fourth-order valence-electron chi connectivity index (χ4n) is 4.43. The van der Waals surface area contributed by atoms with Crippen LogP contribution >= 0.6 is 0 Å². The first-order valence-corrected chi connectivity index (χ1v) is 11.6. The highest BCUT2D eigenvalue weighted by atomic mass is 19.4. The summed E-state index contributed by atoms with van der Waals surface area (Å²) in [4.78, 5) is 30.2. The highest BCUT2D eigenvalue weighted by Crippen LogP contribution is 2.32. The molecule has 2 aliphatic rings. The van der Waals surface area contributed by atoms with Gasteiger partial charge < -0.3 is 15.1 Å². The molecular weight excluding hydrogens is 445 g/mol. The van der Waals surface area contributed by atoms with Crippen LogP contribution in [0.4, 0.5) is 24.5 Å². The van der Waals surface area contributed by atoms with Gasteiger partial charge in [-0.2, -0.15) is 13.2 Å². The number of hydrogen-bond donors (Lipinski definition) is 1. The molecule has 1 N–H and O–H groups in total. The number of anilines is 2. The van der Waals surface area contributed by atoms with Crippen molar-refractivity contribution in [2.75, 3.05) is 55.6 Å². The van der Waals surface area contributed by atoms with Crippen molar-refractivity contribution in [2.45, 2.75) is 25.4 Å². The van der Waals surface area contributed by atoms with Crippen molar-refractivity contribution in [3.05, 3.63) is 59.7 Å². The molecular formula is C25H29F3N4O2. The predicted octanol–water partition coefficient (Wildman–Crippen LogP) is 3.77. The fraction of sp³-hybridized carbons (Fsp3) is 0.440. The van der Waals surface area contributed by atoms with Crippen molar-refractivity contribution in [1.82, 2.24) is 10.2 Å². The average Bonchev–Trinajstić information content (AvgIpc) is 3.27. The molecule has 0 spiro atoms. The molecule has 34 heavy (non-hydrogen) atoms. The minimum Gasteiger partial charge on any atom is -0.369 e. The van der Waals surface area contributed by atoms with Crippen molar-refractivity contribution in [3.63, 3.8) is 0 Å². The summed E-state index contributed by atoms with van der Waals surface area (Å²) in [7, 11) is 0. The van der Waals surface area contributed by atoms with Crippen LogP contribution in [-0.2, 0) is 11.0 Å². The minimum absolute atomic E-state index is 0.118. The molecule has 0 atom stereocenters. The van der Waals surface area contributed by atoms with Crippen molar-refractivity contribution >= 4 is 23.2 Å². The first kappa shape index (κ1) is 24.1. The lowest BCUT2D eigenvalue weighted by Gasteiger charge is -2.36. The van der Waals surface area contributed by atoms with Crippen LogP contribution in [0.2, 0.25) is 0 Å². The van der Waals surface area contributed by atoms with E-state index in [0.717, 1.165) is 50.8 Å². The summed E-state index contributed by atoms with van der Waals surface area (Å²) in [6, 6.07) is 12.6. The molecule has 2 aromatic rings. The van der Waals surface area contributed by atoms with E-state index in [-0.39, 0.29) is 11.8 Å². The maximum atomic E-state index is 13.0. The number of nitrogens with zero attached hydrogens (tertiary/aromatic N) is 3. The second kappa shape index (κ2) is 10.5. The van der Waals surface area contributed by atoms with Gasteiger partial charge in [-0.15, -0.1) is 0 Å². The van der Waals surface area contributed by atoms with Crippen LogP contribution in [-0.4, -0.2) is 62.5 Å². The summed E-state index contributed by atoms with van der Waals surface area (Å²) in [6.45, 7) is 4.94. The number of carbonyl (C=O) groups excluding carboxylic acids is 2. The van der Waals surface area contributed by atoms with Gasteiger partial charge in [-0.05, 0) is 61.9 Å². The van der Waals surface area contributed by atoms with Gasteiger partial charge >= 0.3 is 6.18 Å². The highest BCUT2D eigenvalue weighted by molar-refractivity contribution is 5.97. The molecule has 0 unspecified atom stereocenters. The molecule has 0 radical (unpaired) electrons. The molecule has 2 aromatic carbocycles. The normalized spacial score (nSPS) is 17.3. The average molecular weight is 475 g/mol. The lowest BCUT2D eigenvalue weighted by molar-refractivity contribution is -0.137. The highest BCUT2D eigenvalue weighted by Gasteiger charge is 2.31. The molecule has 0 bridgehead atoms. The lowest BCUT2D eigenvalue weighted by Crippen LogP contribution is -2.47. The van der Waals surface area contributed by atoms with E-state index < -0.39 is 11.7 Å². The molecule has 4 rings (SSSR count). The molecule has 2 fully saturated rings. The van der Waals surface area contributed by atoms with Crippen LogP contribution in [0.3, 0.4) is 0 Å². The molecule has 0 aliphatic carbocycles. The molecule has 9 heteroatoms. The molecule has 182 valence electrons. The number of hydrogen-bond acceptors (Lipinski definition) is 4. The van der Waals surface area contributed by atoms with Gasteiger partial charge in [-0.3, -0.25) is 14.5 Å². The molecule has 2 saturated heterocycles. The lowest BCUT2D eigenvalue weighted by atomic mass is 10.1. The molecule has 0 aromatic heterocycles. The Morgan fingerprint density at radius 3 is 2.32 bits per heavy atom. The Hall–Kier alpha value is -3.07. The molecule has 0 saturated carbocycles. The number of benzene rings is 2. The van der Waals surface area contributed by atoms with Crippen LogP contribution < -0.4 is 15.1 Å². The standard InChI is InChI=1S/C25H29F3N4O2/c26-25(27,28)20-4-1-5-22(18-20)31-16-14-30(15-17-31)12-3-11-29-24(34)19-7-9-21(10-8-19)32-13-2-6-23(32)33/h1,4-5,7-10,18H,2-3,6,11-17H2,(H,29,34). The maximum Gasteiger partial charge on any atom is 0.416 e. The van der Waals surface area contributed by atoms with Gasteiger partial charge in [0.25, 0.3) is 5.91 Å². The Balaban J connectivity index is 1.17. The zero-order chi connectivity index (χ0) is 24.1. The van der Waals surface area contributed by atoms with Crippen LogP contribution in [0.1, 0.15) is 35.2 Å². The third-order valence-electron chi connectivity index (χ3n) is 6.36. The van der Waals surface area contributed by atoms with Gasteiger partial charge in [-0.1, -0.05) is 6.07 Å². The number of nitrogens with one attached hydrogen (secondary N) is 1. The van der Waals surface area contributed by atoms with Crippen LogP contribution in [0.25, 0.3) is 0 Å². The fourth-order valence-corrected chi connectivity index (χ4v) is 4.43. The Kier molecular flexibility index (Phi) is 7.41. The van der Waals surface area contributed by atoms with Gasteiger partial charge in [0.2, 0.25) is 5.91 Å². The smallest absolute Gasteiger partial charge is 0.369 e. The number of carbonyl (C=O) groups is 2. The Bertz CT molecular complexity index is 1000. The molecule has 2 aliphatic heterocycles. The zero-order valence-electron chi connectivity index (χ0n) is 19.0. The first-order chi connectivity index (χ1) is 16.3. The number of alkyl halides is 3. The van der Waals surface area contributed by atoms with Gasteiger partial charge in [-0.25, -0.2) is 0 Å². The van der Waals surface area contributed by atoms with E-state index in [1.54, 1.807) is 23.1 Å². The summed E-state index contributed by atoms with van der Waals surface area (Å²) in [5, 5.41) is 2.93. The van der Waals surface area contributed by atoms with Gasteiger partial charge in [0.05, 0.1) is 5.56 Å². The van der Waals surface area contributed by atoms with Gasteiger partial charge in [0, 0.05) is 62.6 Å². The molecule has 2 amide bonds. The Morgan fingerprint density at radius 2 is 1.68 bits per heavy atom. The Morgan fingerprint density at radius 1 is 0.941 bits per heavy atom. The van der Waals surface area contributed by atoms with Crippen LogP contribution in [0, 0.1) is 0 Å². The van der Waals surface area contributed by atoms with E-state index in [2.05, 4.69) is 10.2 Å². The zero-order valence-corrected chi connectivity index (χ0v) is 19.0. The second-order valence-electron chi connectivity index (χ2n) is 8.68. The number of halogens is 3. The van der Waals surface area contributed by atoms with E-state index in [1.165, 1.54) is 12.1 Å². The maximum absolute atomic E-state index is 13.0. The van der Waals surface area contributed by atoms with E-state index in [0.29, 0.717) is 37.3 Å². The van der Waals surface area contributed by atoms with E-state index in [9.17, 15) is 22.8 Å². The van der Waals surface area contributed by atoms with Gasteiger partial charge in [0.1, 0.15) is 0 Å². The van der Waals surface area contributed by atoms with E-state index >= 15 is 0 Å². The van der Waals surface area contributed by atoms with E-state index in [1.807, 2.05) is 17.0 Å². The van der Waals surface area contributed by atoms with Crippen molar-refractivity contribution in [2.24, 2.45) is 0 Å². The topological polar surface area (TPSA) is 55.9 Å². The summed E-state index contributed by atoms with van der Waals surface area (Å²) >= 11 is 0. The third kappa shape index (κ3) is 5.88. The number of rotatable bonds is 7. The monoisotopic (exact) mass is 474 g/mol. The summed E-state index contributed by atoms with van der Waals surface area (Å²) in [6.07, 6.45) is -2.11. The summed E-state index contributed by atoms with van der Waals surface area (Å²) < 4.78 is 38.9. The molecule has 6 nitrogen and oxygen atoms in total. The second-order valence-corrected chi connectivity index (χ2v) is 8.68. The first-order valence-electron chi connectivity index (χ1n) is 11.6. The third-order valence-corrected chi connectivity index (χ3v) is 6.36. The largest absolute Gasteiger partial charge is 0.416 e. The van der Waals surface area contributed by atoms with E-state index in [4.69, 9.17) is 0 Å².